The lowest BCUT2D eigenvalue weighted by molar-refractivity contribution is 0.111. The lowest BCUT2D eigenvalue weighted by atomic mass is 10.1. The van der Waals surface area contributed by atoms with Crippen molar-refractivity contribution in [3.63, 3.8) is 0 Å². The van der Waals surface area contributed by atoms with E-state index in [9.17, 15) is 13.2 Å². The van der Waals surface area contributed by atoms with E-state index in [1.54, 1.807) is 10.9 Å². The average Bonchev–Trinajstić information content (AvgIpc) is 2.73. The Morgan fingerprint density at radius 1 is 1.60 bits per heavy atom. The molecule has 0 amide bonds. The molecule has 1 fully saturated rings. The molecule has 6 heteroatoms. The first-order valence-electron chi connectivity index (χ1n) is 4.76. The minimum Gasteiger partial charge on any atom is -0.328 e. The second-order valence-corrected chi connectivity index (χ2v) is 6.09. The van der Waals surface area contributed by atoms with Gasteiger partial charge in [-0.3, -0.25) is 4.79 Å². The Labute approximate surface area is 88.0 Å². The van der Waals surface area contributed by atoms with Gasteiger partial charge >= 0.3 is 0 Å². The van der Waals surface area contributed by atoms with Crippen molar-refractivity contribution in [2.75, 3.05) is 11.5 Å². The maximum absolute atomic E-state index is 11.2. The molecule has 0 aliphatic carbocycles. The second kappa shape index (κ2) is 3.77. The Kier molecular flexibility index (Phi) is 2.60. The monoisotopic (exact) mass is 228 g/mol. The van der Waals surface area contributed by atoms with Gasteiger partial charge in [-0.2, -0.15) is 0 Å². The third-order valence-corrected chi connectivity index (χ3v) is 4.48. The predicted octanol–water partition coefficient (Wildman–Crippen LogP) is 0.130. The molecule has 82 valence electrons. The zero-order valence-electron chi connectivity index (χ0n) is 8.17. The van der Waals surface area contributed by atoms with Gasteiger partial charge in [-0.15, -0.1) is 0 Å². The minimum atomic E-state index is -2.84. The minimum absolute atomic E-state index is 0.114. The number of aromatic nitrogens is 2. The highest BCUT2D eigenvalue weighted by atomic mass is 32.2. The quantitative estimate of drug-likeness (QED) is 0.689. The van der Waals surface area contributed by atoms with Crippen LogP contribution in [0.25, 0.3) is 0 Å². The molecule has 1 atom stereocenters. The highest BCUT2D eigenvalue weighted by molar-refractivity contribution is 7.91. The largest absolute Gasteiger partial charge is 0.328 e. The molecule has 0 bridgehead atoms. The summed E-state index contributed by atoms with van der Waals surface area (Å²) in [6.45, 7) is 0.563. The van der Waals surface area contributed by atoms with E-state index in [2.05, 4.69) is 4.98 Å². The van der Waals surface area contributed by atoms with Crippen LogP contribution < -0.4 is 0 Å². The van der Waals surface area contributed by atoms with Gasteiger partial charge in [0.1, 0.15) is 5.69 Å². The van der Waals surface area contributed by atoms with Crippen molar-refractivity contribution in [2.45, 2.75) is 13.0 Å². The number of sulfone groups is 1. The SMILES string of the molecule is O=Cc1cncn1CC1CCS(=O)(=O)C1. The molecular weight excluding hydrogens is 216 g/mol. The molecule has 15 heavy (non-hydrogen) atoms. The molecule has 1 aliphatic heterocycles. The van der Waals surface area contributed by atoms with E-state index in [1.165, 1.54) is 6.20 Å². The summed E-state index contributed by atoms with van der Waals surface area (Å²) in [5, 5.41) is 0. The van der Waals surface area contributed by atoms with E-state index in [1.807, 2.05) is 0 Å². The van der Waals surface area contributed by atoms with Crippen LogP contribution in [0.2, 0.25) is 0 Å². The van der Waals surface area contributed by atoms with E-state index in [4.69, 9.17) is 0 Å². The third-order valence-electron chi connectivity index (χ3n) is 2.65. The van der Waals surface area contributed by atoms with E-state index >= 15 is 0 Å². The fourth-order valence-electron chi connectivity index (χ4n) is 1.88. The van der Waals surface area contributed by atoms with Crippen LogP contribution in [-0.2, 0) is 16.4 Å². The first kappa shape index (κ1) is 10.4. The van der Waals surface area contributed by atoms with E-state index in [0.29, 0.717) is 18.7 Å². The second-order valence-electron chi connectivity index (χ2n) is 3.86. The van der Waals surface area contributed by atoms with Crippen LogP contribution in [0, 0.1) is 5.92 Å². The summed E-state index contributed by atoms with van der Waals surface area (Å²) in [6.07, 6.45) is 4.46. The highest BCUT2D eigenvalue weighted by Gasteiger charge is 2.28. The first-order valence-corrected chi connectivity index (χ1v) is 6.58. The van der Waals surface area contributed by atoms with Crippen molar-refractivity contribution in [1.29, 1.82) is 0 Å². The van der Waals surface area contributed by atoms with Crippen LogP contribution in [0.4, 0.5) is 0 Å². The molecule has 0 radical (unpaired) electrons. The molecule has 1 aromatic rings. The standard InChI is InChI=1S/C9H12N2O3S/c12-5-9-3-10-7-11(9)4-8-1-2-15(13,14)6-8/h3,5,7-8H,1-2,4,6H2. The van der Waals surface area contributed by atoms with Crippen LogP contribution in [0.3, 0.4) is 0 Å². The van der Waals surface area contributed by atoms with Crippen molar-refractivity contribution < 1.29 is 13.2 Å². The zero-order chi connectivity index (χ0) is 10.9. The van der Waals surface area contributed by atoms with Crippen LogP contribution in [0.5, 0.6) is 0 Å². The number of hydrogen-bond acceptors (Lipinski definition) is 4. The van der Waals surface area contributed by atoms with Crippen molar-refractivity contribution >= 4 is 16.1 Å². The summed E-state index contributed by atoms with van der Waals surface area (Å²) in [4.78, 5) is 14.5. The molecule has 2 rings (SSSR count). The Morgan fingerprint density at radius 2 is 2.40 bits per heavy atom. The van der Waals surface area contributed by atoms with Gasteiger partial charge in [-0.25, -0.2) is 13.4 Å². The van der Waals surface area contributed by atoms with Gasteiger partial charge in [0.05, 0.1) is 24.0 Å². The third kappa shape index (κ3) is 2.26. The summed E-state index contributed by atoms with van der Waals surface area (Å²) < 4.78 is 24.2. The number of carbonyl (C=O) groups is 1. The Bertz CT molecular complexity index is 463. The van der Waals surface area contributed by atoms with Gasteiger partial charge in [-0.05, 0) is 12.3 Å². The molecule has 0 spiro atoms. The van der Waals surface area contributed by atoms with E-state index in [-0.39, 0.29) is 17.4 Å². The molecule has 1 saturated heterocycles. The molecule has 0 saturated carbocycles. The lowest BCUT2D eigenvalue weighted by Crippen LogP contribution is -2.13. The van der Waals surface area contributed by atoms with Crippen molar-refractivity contribution in [2.24, 2.45) is 5.92 Å². The number of aldehydes is 1. The number of hydrogen-bond donors (Lipinski definition) is 0. The average molecular weight is 228 g/mol. The molecule has 5 nitrogen and oxygen atoms in total. The zero-order valence-corrected chi connectivity index (χ0v) is 8.98. The van der Waals surface area contributed by atoms with Crippen LogP contribution >= 0.6 is 0 Å². The number of rotatable bonds is 3. The molecule has 1 aromatic heterocycles. The molecule has 2 heterocycles. The fraction of sp³-hybridized carbons (Fsp3) is 0.556. The molecule has 0 N–H and O–H groups in total. The van der Waals surface area contributed by atoms with Crippen LogP contribution in [0.1, 0.15) is 16.9 Å². The normalized spacial score (nSPS) is 24.1. The maximum atomic E-state index is 11.2. The number of carbonyl (C=O) groups excluding carboxylic acids is 1. The summed E-state index contributed by atoms with van der Waals surface area (Å²) in [6, 6.07) is 0. The van der Waals surface area contributed by atoms with Crippen molar-refractivity contribution in [3.8, 4) is 0 Å². The van der Waals surface area contributed by atoms with Crippen molar-refractivity contribution in [1.82, 2.24) is 9.55 Å². The van der Waals surface area contributed by atoms with Gasteiger partial charge in [0.25, 0.3) is 0 Å². The van der Waals surface area contributed by atoms with Crippen LogP contribution in [-0.4, -0.2) is 35.8 Å². The van der Waals surface area contributed by atoms with E-state index < -0.39 is 9.84 Å². The molecule has 1 aliphatic rings. The Hall–Kier alpha value is -1.17. The predicted molar refractivity (Wildman–Crippen MR) is 54.4 cm³/mol. The molecule has 0 aromatic carbocycles. The summed E-state index contributed by atoms with van der Waals surface area (Å²) in [5.41, 5.74) is 0.499. The van der Waals surface area contributed by atoms with Gasteiger partial charge in [-0.1, -0.05) is 0 Å². The van der Waals surface area contributed by atoms with Gasteiger partial charge in [0, 0.05) is 6.54 Å². The lowest BCUT2D eigenvalue weighted by Gasteiger charge is -2.09. The Balaban J connectivity index is 2.07. The number of imidazole rings is 1. The molecule has 1 unspecified atom stereocenters. The topological polar surface area (TPSA) is 69.0 Å². The number of nitrogens with zero attached hydrogens (tertiary/aromatic N) is 2. The fourth-order valence-corrected chi connectivity index (χ4v) is 3.73. The van der Waals surface area contributed by atoms with Gasteiger partial charge < -0.3 is 4.57 Å². The summed E-state index contributed by atoms with van der Waals surface area (Å²) in [7, 11) is -2.84. The van der Waals surface area contributed by atoms with E-state index in [0.717, 1.165) is 6.29 Å². The Morgan fingerprint density at radius 3 is 3.00 bits per heavy atom. The van der Waals surface area contributed by atoms with Gasteiger partial charge in [0.15, 0.2) is 16.1 Å². The maximum Gasteiger partial charge on any atom is 0.168 e. The highest BCUT2D eigenvalue weighted by Crippen LogP contribution is 2.20. The molecular formula is C9H12N2O3S. The van der Waals surface area contributed by atoms with Gasteiger partial charge in [0.2, 0.25) is 0 Å². The van der Waals surface area contributed by atoms with Crippen molar-refractivity contribution in [3.05, 3.63) is 18.2 Å². The van der Waals surface area contributed by atoms with Crippen LogP contribution in [0.15, 0.2) is 12.5 Å². The summed E-state index contributed by atoms with van der Waals surface area (Å²) in [5.74, 6) is 0.606. The summed E-state index contributed by atoms with van der Waals surface area (Å²) >= 11 is 0. The smallest absolute Gasteiger partial charge is 0.168 e. The first-order chi connectivity index (χ1) is 7.11.